The van der Waals surface area contributed by atoms with E-state index in [9.17, 15) is 18.0 Å². The fourth-order valence-electron chi connectivity index (χ4n) is 1.71. The van der Waals surface area contributed by atoms with Crippen LogP contribution in [0, 0.1) is 11.8 Å². The quantitative estimate of drug-likeness (QED) is 0.651. The molecule has 0 rings (SSSR count). The number of carboxylic acids is 1. The Morgan fingerprint density at radius 2 is 1.84 bits per heavy atom. The lowest BCUT2D eigenvalue weighted by molar-refractivity contribution is -0.142. The van der Waals surface area contributed by atoms with Gasteiger partial charge in [0.25, 0.3) is 0 Å². The maximum Gasteiger partial charge on any atom is 0.308 e. The van der Waals surface area contributed by atoms with Gasteiger partial charge in [-0.05, 0) is 18.8 Å². The van der Waals surface area contributed by atoms with Crippen molar-refractivity contribution < 1.29 is 23.1 Å². The summed E-state index contributed by atoms with van der Waals surface area (Å²) in [5, 5.41) is 11.4. The van der Waals surface area contributed by atoms with Crippen LogP contribution in [0.5, 0.6) is 0 Å². The number of carbonyl (C=O) groups is 2. The topological polar surface area (TPSA) is 101 Å². The van der Waals surface area contributed by atoms with E-state index in [1.807, 2.05) is 13.8 Å². The highest BCUT2D eigenvalue weighted by molar-refractivity contribution is 7.92. The average Bonchev–Trinajstić information content (AvgIpc) is 2.22. The van der Waals surface area contributed by atoms with Crippen LogP contribution in [0.2, 0.25) is 0 Å². The lowest BCUT2D eigenvalue weighted by atomic mass is 9.97. The van der Waals surface area contributed by atoms with Gasteiger partial charge in [-0.1, -0.05) is 20.8 Å². The summed E-state index contributed by atoms with van der Waals surface area (Å²) in [4.78, 5) is 22.4. The summed E-state index contributed by atoms with van der Waals surface area (Å²) in [6.45, 7) is 5.47. The second kappa shape index (κ2) is 8.14. The molecule has 0 aliphatic heterocycles. The largest absolute Gasteiger partial charge is 0.481 e. The van der Waals surface area contributed by atoms with E-state index in [-0.39, 0.29) is 18.2 Å². The zero-order valence-electron chi connectivity index (χ0n) is 11.7. The Morgan fingerprint density at radius 3 is 2.26 bits per heavy atom. The standard InChI is InChI=1S/C12H23NO5S/c1-4-5-19(17,18)8-11(14)13-7-10(12(15)16)6-9(2)3/h9-10H,4-8H2,1-3H3,(H,13,14)(H,15,16). The van der Waals surface area contributed by atoms with E-state index < -0.39 is 33.4 Å². The van der Waals surface area contributed by atoms with Gasteiger partial charge in [-0.2, -0.15) is 0 Å². The predicted molar refractivity (Wildman–Crippen MR) is 72.5 cm³/mol. The van der Waals surface area contributed by atoms with Gasteiger partial charge in [0.1, 0.15) is 5.75 Å². The summed E-state index contributed by atoms with van der Waals surface area (Å²) in [7, 11) is -3.38. The van der Waals surface area contributed by atoms with Gasteiger partial charge >= 0.3 is 5.97 Å². The highest BCUT2D eigenvalue weighted by atomic mass is 32.2. The number of sulfone groups is 1. The minimum absolute atomic E-state index is 0.0330. The summed E-state index contributed by atoms with van der Waals surface area (Å²) in [5.41, 5.74) is 0. The molecule has 0 spiro atoms. The van der Waals surface area contributed by atoms with Crippen molar-refractivity contribution in [3.8, 4) is 0 Å². The molecule has 1 amide bonds. The van der Waals surface area contributed by atoms with Crippen LogP contribution in [-0.2, 0) is 19.4 Å². The van der Waals surface area contributed by atoms with Gasteiger partial charge in [-0.15, -0.1) is 0 Å². The molecule has 0 fully saturated rings. The Bertz CT molecular complexity index is 402. The summed E-state index contributed by atoms with van der Waals surface area (Å²) in [6, 6.07) is 0. The third kappa shape index (κ3) is 8.58. The molecule has 0 bridgehead atoms. The number of aliphatic carboxylic acids is 1. The molecular weight excluding hydrogens is 270 g/mol. The summed E-state index contributed by atoms with van der Waals surface area (Å²) >= 11 is 0. The summed E-state index contributed by atoms with van der Waals surface area (Å²) in [5.74, 6) is -2.71. The molecule has 2 N–H and O–H groups in total. The third-order valence-electron chi connectivity index (χ3n) is 2.52. The zero-order chi connectivity index (χ0) is 15.1. The summed E-state index contributed by atoms with van der Waals surface area (Å²) in [6.07, 6.45) is 0.901. The lowest BCUT2D eigenvalue weighted by Gasteiger charge is -2.15. The van der Waals surface area contributed by atoms with Crippen LogP contribution in [0.15, 0.2) is 0 Å². The van der Waals surface area contributed by atoms with Crippen molar-refractivity contribution in [3.63, 3.8) is 0 Å². The van der Waals surface area contributed by atoms with Crippen molar-refractivity contribution in [1.82, 2.24) is 5.32 Å². The molecule has 0 aromatic rings. The minimum atomic E-state index is -3.38. The van der Waals surface area contributed by atoms with Gasteiger partial charge in [0.2, 0.25) is 5.91 Å². The maximum atomic E-state index is 11.5. The molecule has 0 saturated carbocycles. The first-order valence-corrected chi connectivity index (χ1v) is 8.20. The molecule has 0 heterocycles. The molecule has 1 atom stereocenters. The van der Waals surface area contributed by atoms with E-state index >= 15 is 0 Å². The second-order valence-electron chi connectivity index (χ2n) is 5.06. The highest BCUT2D eigenvalue weighted by Crippen LogP contribution is 2.11. The van der Waals surface area contributed by atoms with Crippen LogP contribution in [0.3, 0.4) is 0 Å². The zero-order valence-corrected chi connectivity index (χ0v) is 12.5. The Kier molecular flexibility index (Phi) is 7.66. The van der Waals surface area contributed by atoms with Crippen LogP contribution in [-0.4, -0.2) is 43.5 Å². The van der Waals surface area contributed by atoms with Gasteiger partial charge in [-0.3, -0.25) is 9.59 Å². The van der Waals surface area contributed by atoms with E-state index in [2.05, 4.69) is 5.32 Å². The van der Waals surface area contributed by atoms with E-state index in [1.165, 1.54) is 0 Å². The van der Waals surface area contributed by atoms with Crippen LogP contribution >= 0.6 is 0 Å². The average molecular weight is 293 g/mol. The number of hydrogen-bond acceptors (Lipinski definition) is 4. The van der Waals surface area contributed by atoms with Crippen LogP contribution in [0.4, 0.5) is 0 Å². The fourth-order valence-corrected chi connectivity index (χ4v) is 2.98. The monoisotopic (exact) mass is 293 g/mol. The van der Waals surface area contributed by atoms with E-state index in [1.54, 1.807) is 6.92 Å². The Balaban J connectivity index is 4.30. The van der Waals surface area contributed by atoms with Crippen LogP contribution in [0.25, 0.3) is 0 Å². The molecule has 19 heavy (non-hydrogen) atoms. The third-order valence-corrected chi connectivity index (χ3v) is 4.25. The Labute approximate surface area is 114 Å². The Morgan fingerprint density at radius 1 is 1.26 bits per heavy atom. The highest BCUT2D eigenvalue weighted by Gasteiger charge is 2.21. The predicted octanol–water partition coefficient (Wildman–Crippen LogP) is 0.674. The van der Waals surface area contributed by atoms with Crippen molar-refractivity contribution in [2.45, 2.75) is 33.6 Å². The maximum absolute atomic E-state index is 11.5. The molecule has 0 aliphatic carbocycles. The first-order valence-electron chi connectivity index (χ1n) is 6.37. The van der Waals surface area contributed by atoms with Crippen molar-refractivity contribution >= 4 is 21.7 Å². The minimum Gasteiger partial charge on any atom is -0.481 e. The van der Waals surface area contributed by atoms with Crippen molar-refractivity contribution in [1.29, 1.82) is 0 Å². The fraction of sp³-hybridized carbons (Fsp3) is 0.833. The molecule has 6 nitrogen and oxygen atoms in total. The van der Waals surface area contributed by atoms with Gasteiger partial charge in [0.05, 0.1) is 11.7 Å². The van der Waals surface area contributed by atoms with E-state index in [4.69, 9.17) is 5.11 Å². The molecule has 0 aliphatic rings. The molecule has 0 aromatic carbocycles. The Hall–Kier alpha value is -1.11. The van der Waals surface area contributed by atoms with Crippen LogP contribution < -0.4 is 5.32 Å². The number of nitrogens with one attached hydrogen (secondary N) is 1. The van der Waals surface area contributed by atoms with E-state index in [0.717, 1.165) is 0 Å². The van der Waals surface area contributed by atoms with Crippen molar-refractivity contribution in [3.05, 3.63) is 0 Å². The molecule has 0 saturated heterocycles. The first kappa shape index (κ1) is 17.9. The molecule has 7 heteroatoms. The number of rotatable bonds is 9. The number of amides is 1. The second-order valence-corrected chi connectivity index (χ2v) is 7.24. The summed E-state index contributed by atoms with van der Waals surface area (Å²) < 4.78 is 22.8. The molecular formula is C12H23NO5S. The normalized spacial score (nSPS) is 13.3. The number of carbonyl (C=O) groups excluding carboxylic acids is 1. The number of hydrogen-bond donors (Lipinski definition) is 2. The first-order chi connectivity index (χ1) is 8.68. The molecule has 0 radical (unpaired) electrons. The van der Waals surface area contributed by atoms with Gasteiger partial charge in [-0.25, -0.2) is 8.42 Å². The molecule has 112 valence electrons. The van der Waals surface area contributed by atoms with Crippen LogP contribution in [0.1, 0.15) is 33.6 Å². The smallest absolute Gasteiger partial charge is 0.308 e. The van der Waals surface area contributed by atoms with Gasteiger partial charge in [0, 0.05) is 6.54 Å². The van der Waals surface area contributed by atoms with Gasteiger partial charge in [0.15, 0.2) is 9.84 Å². The number of carboxylic acid groups (broad SMARTS) is 1. The molecule has 0 aromatic heterocycles. The lowest BCUT2D eigenvalue weighted by Crippen LogP contribution is -2.37. The van der Waals surface area contributed by atoms with Crippen molar-refractivity contribution in [2.24, 2.45) is 11.8 Å². The molecule has 1 unspecified atom stereocenters. The van der Waals surface area contributed by atoms with E-state index in [0.29, 0.717) is 12.8 Å². The van der Waals surface area contributed by atoms with Crippen molar-refractivity contribution in [2.75, 3.05) is 18.1 Å². The SMILES string of the molecule is CCCS(=O)(=O)CC(=O)NCC(CC(C)C)C(=O)O. The van der Waals surface area contributed by atoms with Gasteiger partial charge < -0.3 is 10.4 Å².